The van der Waals surface area contributed by atoms with Crippen molar-refractivity contribution < 1.29 is 5.11 Å². The van der Waals surface area contributed by atoms with E-state index in [-0.39, 0.29) is 5.75 Å². The van der Waals surface area contributed by atoms with Gasteiger partial charge in [-0.05, 0) is 24.3 Å². The molecule has 11 heavy (non-hydrogen) atoms. The SMILES string of the molecule is N#CCSc1ccc(O)cc1. The molecule has 0 aliphatic heterocycles. The largest absolute Gasteiger partial charge is 0.508 e. The average Bonchev–Trinajstić information content (AvgIpc) is 2.04. The van der Waals surface area contributed by atoms with E-state index in [0.717, 1.165) is 4.90 Å². The lowest BCUT2D eigenvalue weighted by atomic mass is 10.3. The molecule has 0 aromatic heterocycles. The van der Waals surface area contributed by atoms with Crippen molar-refractivity contribution >= 4 is 11.8 Å². The number of benzene rings is 1. The van der Waals surface area contributed by atoms with Gasteiger partial charge in [-0.3, -0.25) is 0 Å². The molecule has 3 heteroatoms. The van der Waals surface area contributed by atoms with Crippen LogP contribution in [-0.4, -0.2) is 10.9 Å². The van der Waals surface area contributed by atoms with E-state index in [0.29, 0.717) is 5.75 Å². The van der Waals surface area contributed by atoms with Gasteiger partial charge < -0.3 is 5.11 Å². The van der Waals surface area contributed by atoms with Crippen LogP contribution in [0.2, 0.25) is 0 Å². The highest BCUT2D eigenvalue weighted by molar-refractivity contribution is 7.99. The number of thioether (sulfide) groups is 1. The van der Waals surface area contributed by atoms with Crippen molar-refractivity contribution in [1.29, 1.82) is 5.26 Å². The van der Waals surface area contributed by atoms with Crippen LogP contribution in [0.3, 0.4) is 0 Å². The minimum atomic E-state index is 0.256. The summed E-state index contributed by atoms with van der Waals surface area (Å²) in [4.78, 5) is 1.00. The molecule has 0 radical (unpaired) electrons. The summed E-state index contributed by atoms with van der Waals surface area (Å²) in [5.41, 5.74) is 0. The Morgan fingerprint density at radius 2 is 2.00 bits per heavy atom. The zero-order valence-corrected chi connectivity index (χ0v) is 6.64. The van der Waals surface area contributed by atoms with E-state index in [1.807, 2.05) is 6.07 Å². The van der Waals surface area contributed by atoms with Crippen molar-refractivity contribution in [3.8, 4) is 11.8 Å². The predicted molar refractivity (Wildman–Crippen MR) is 44.4 cm³/mol. The molecule has 56 valence electrons. The minimum absolute atomic E-state index is 0.256. The van der Waals surface area contributed by atoms with E-state index in [2.05, 4.69) is 0 Å². The number of rotatable bonds is 2. The van der Waals surface area contributed by atoms with Gasteiger partial charge in [0.2, 0.25) is 0 Å². The Balaban J connectivity index is 2.60. The van der Waals surface area contributed by atoms with Gasteiger partial charge in [-0.2, -0.15) is 5.26 Å². The lowest BCUT2D eigenvalue weighted by molar-refractivity contribution is 0.475. The van der Waals surface area contributed by atoms with Gasteiger partial charge in [0.05, 0.1) is 11.8 Å². The number of hydrogen-bond acceptors (Lipinski definition) is 3. The first-order valence-electron chi connectivity index (χ1n) is 3.11. The molecule has 0 unspecified atom stereocenters. The molecule has 1 rings (SSSR count). The summed E-state index contributed by atoms with van der Waals surface area (Å²) < 4.78 is 0. The van der Waals surface area contributed by atoms with Gasteiger partial charge in [0.1, 0.15) is 5.75 Å². The fraction of sp³-hybridized carbons (Fsp3) is 0.125. The topological polar surface area (TPSA) is 44.0 Å². The van der Waals surface area contributed by atoms with E-state index < -0.39 is 0 Å². The second-order valence-corrected chi connectivity index (χ2v) is 2.99. The molecule has 1 aromatic rings. The molecule has 1 N–H and O–H groups in total. The first kappa shape index (κ1) is 7.96. The Bertz CT molecular complexity index is 262. The second-order valence-electron chi connectivity index (χ2n) is 1.94. The fourth-order valence-corrected chi connectivity index (χ4v) is 1.22. The van der Waals surface area contributed by atoms with Crippen molar-refractivity contribution in [2.75, 3.05) is 5.75 Å². The Morgan fingerprint density at radius 3 is 2.55 bits per heavy atom. The molecular formula is C8H7NOS. The number of hydrogen-bond donors (Lipinski definition) is 1. The van der Waals surface area contributed by atoms with Gasteiger partial charge in [-0.25, -0.2) is 0 Å². The third kappa shape index (κ3) is 2.52. The highest BCUT2D eigenvalue weighted by Crippen LogP contribution is 2.19. The molecule has 0 saturated carbocycles. The molecular weight excluding hydrogens is 158 g/mol. The first-order chi connectivity index (χ1) is 5.33. The summed E-state index contributed by atoms with van der Waals surface area (Å²) in [6, 6.07) is 8.83. The summed E-state index contributed by atoms with van der Waals surface area (Å²) in [5.74, 6) is 0.705. The minimum Gasteiger partial charge on any atom is -0.508 e. The Hall–Kier alpha value is -1.14. The maximum absolute atomic E-state index is 8.91. The highest BCUT2D eigenvalue weighted by atomic mass is 32.2. The molecule has 0 amide bonds. The molecule has 0 heterocycles. The van der Waals surface area contributed by atoms with Crippen molar-refractivity contribution in [1.82, 2.24) is 0 Å². The molecule has 0 saturated heterocycles. The monoisotopic (exact) mass is 165 g/mol. The molecule has 0 spiro atoms. The van der Waals surface area contributed by atoms with Crippen LogP contribution in [0.4, 0.5) is 0 Å². The third-order valence-electron chi connectivity index (χ3n) is 1.14. The van der Waals surface area contributed by atoms with Gasteiger partial charge in [0.15, 0.2) is 0 Å². The highest BCUT2D eigenvalue weighted by Gasteiger charge is 1.91. The summed E-state index contributed by atoms with van der Waals surface area (Å²) in [6.45, 7) is 0. The molecule has 0 aliphatic rings. The normalized spacial score (nSPS) is 9.00. The summed E-state index contributed by atoms with van der Waals surface area (Å²) >= 11 is 1.46. The molecule has 0 aliphatic carbocycles. The third-order valence-corrected chi connectivity index (χ3v) is 2.02. The quantitative estimate of drug-likeness (QED) is 0.682. The van der Waals surface area contributed by atoms with E-state index in [1.54, 1.807) is 24.3 Å². The smallest absolute Gasteiger partial charge is 0.115 e. The van der Waals surface area contributed by atoms with Crippen LogP contribution in [0.15, 0.2) is 29.2 Å². The van der Waals surface area contributed by atoms with E-state index in [9.17, 15) is 0 Å². The van der Waals surface area contributed by atoms with Gasteiger partial charge in [0, 0.05) is 4.90 Å². The second kappa shape index (κ2) is 3.89. The maximum Gasteiger partial charge on any atom is 0.115 e. The number of nitrogens with zero attached hydrogens (tertiary/aromatic N) is 1. The summed E-state index contributed by atoms with van der Waals surface area (Å²) in [5, 5.41) is 17.2. The number of aromatic hydroxyl groups is 1. The maximum atomic E-state index is 8.91. The van der Waals surface area contributed by atoms with E-state index in [4.69, 9.17) is 10.4 Å². The predicted octanol–water partition coefficient (Wildman–Crippen LogP) is 2.01. The first-order valence-corrected chi connectivity index (χ1v) is 4.10. The Kier molecular flexibility index (Phi) is 2.82. The van der Waals surface area contributed by atoms with Gasteiger partial charge in [0.25, 0.3) is 0 Å². The van der Waals surface area contributed by atoms with Crippen molar-refractivity contribution in [3.05, 3.63) is 24.3 Å². The standard InChI is InChI=1S/C8H7NOS/c9-5-6-11-8-3-1-7(10)2-4-8/h1-4,10H,6H2. The lowest BCUT2D eigenvalue weighted by Gasteiger charge is -1.95. The lowest BCUT2D eigenvalue weighted by Crippen LogP contribution is -1.72. The average molecular weight is 165 g/mol. The number of phenols is 1. The summed E-state index contributed by atoms with van der Waals surface area (Å²) in [6.07, 6.45) is 0. The molecule has 1 aromatic carbocycles. The zero-order chi connectivity index (χ0) is 8.10. The molecule has 0 fully saturated rings. The van der Waals surface area contributed by atoms with Crippen LogP contribution in [0, 0.1) is 11.3 Å². The van der Waals surface area contributed by atoms with Crippen molar-refractivity contribution in [3.63, 3.8) is 0 Å². The Labute approximate surface area is 69.5 Å². The van der Waals surface area contributed by atoms with Gasteiger partial charge >= 0.3 is 0 Å². The van der Waals surface area contributed by atoms with Crippen LogP contribution in [0.25, 0.3) is 0 Å². The van der Waals surface area contributed by atoms with Gasteiger partial charge in [-0.1, -0.05) is 0 Å². The number of nitriles is 1. The molecule has 2 nitrogen and oxygen atoms in total. The van der Waals surface area contributed by atoms with Crippen LogP contribution >= 0.6 is 11.8 Å². The fourth-order valence-electron chi connectivity index (χ4n) is 0.658. The van der Waals surface area contributed by atoms with Crippen LogP contribution in [0.5, 0.6) is 5.75 Å². The van der Waals surface area contributed by atoms with Crippen molar-refractivity contribution in [2.45, 2.75) is 4.90 Å². The van der Waals surface area contributed by atoms with Crippen LogP contribution in [0.1, 0.15) is 0 Å². The number of phenolic OH excluding ortho intramolecular Hbond substituents is 1. The zero-order valence-electron chi connectivity index (χ0n) is 5.82. The molecule has 0 bridgehead atoms. The van der Waals surface area contributed by atoms with Crippen molar-refractivity contribution in [2.24, 2.45) is 0 Å². The van der Waals surface area contributed by atoms with Crippen LogP contribution in [-0.2, 0) is 0 Å². The van der Waals surface area contributed by atoms with E-state index >= 15 is 0 Å². The Morgan fingerprint density at radius 1 is 1.36 bits per heavy atom. The molecule has 0 atom stereocenters. The summed E-state index contributed by atoms with van der Waals surface area (Å²) in [7, 11) is 0. The van der Waals surface area contributed by atoms with E-state index in [1.165, 1.54) is 11.8 Å². The van der Waals surface area contributed by atoms with Gasteiger partial charge in [-0.15, -0.1) is 11.8 Å². The van der Waals surface area contributed by atoms with Crippen LogP contribution < -0.4 is 0 Å².